The molecule has 0 aliphatic heterocycles. The zero-order valence-electron chi connectivity index (χ0n) is 12.4. The van der Waals surface area contributed by atoms with Gasteiger partial charge in [-0.15, -0.1) is 0 Å². The van der Waals surface area contributed by atoms with Gasteiger partial charge in [0.05, 0.1) is 13.7 Å². The van der Waals surface area contributed by atoms with Crippen molar-refractivity contribution >= 4 is 12.0 Å². The molecule has 0 spiro atoms. The second-order valence-corrected chi connectivity index (χ2v) is 5.38. The summed E-state index contributed by atoms with van der Waals surface area (Å²) in [6.07, 6.45) is 7.85. The Bertz CT molecular complexity index is 504. The van der Waals surface area contributed by atoms with Gasteiger partial charge in [0.2, 0.25) is 0 Å². The van der Waals surface area contributed by atoms with E-state index in [1.165, 1.54) is 19.3 Å². The number of aliphatic carboxylic acids is 1. The lowest BCUT2D eigenvalue weighted by molar-refractivity contribution is -0.131. The van der Waals surface area contributed by atoms with E-state index in [0.717, 1.165) is 41.9 Å². The highest BCUT2D eigenvalue weighted by Gasteiger charge is 2.16. The molecule has 21 heavy (non-hydrogen) atoms. The molecule has 0 aromatic heterocycles. The lowest BCUT2D eigenvalue weighted by Crippen LogP contribution is -2.13. The van der Waals surface area contributed by atoms with Crippen LogP contribution in [0.2, 0.25) is 0 Å². The SMILES string of the molecule is COc1ccc(/C=C/C(=O)O)cc1COCCC1CCC1. The maximum atomic E-state index is 10.6. The molecule has 0 unspecified atom stereocenters. The van der Waals surface area contributed by atoms with Gasteiger partial charge in [-0.05, 0) is 36.1 Å². The number of hydrogen-bond donors (Lipinski definition) is 1. The Morgan fingerprint density at radius 3 is 2.86 bits per heavy atom. The average Bonchev–Trinajstić information content (AvgIpc) is 2.43. The molecule has 0 radical (unpaired) electrons. The van der Waals surface area contributed by atoms with E-state index in [-0.39, 0.29) is 0 Å². The fourth-order valence-corrected chi connectivity index (χ4v) is 2.40. The molecule has 1 aromatic rings. The van der Waals surface area contributed by atoms with Crippen molar-refractivity contribution < 1.29 is 19.4 Å². The van der Waals surface area contributed by atoms with Crippen LogP contribution >= 0.6 is 0 Å². The van der Waals surface area contributed by atoms with Crippen LogP contribution in [0.5, 0.6) is 5.75 Å². The van der Waals surface area contributed by atoms with Gasteiger partial charge in [0.15, 0.2) is 0 Å². The van der Waals surface area contributed by atoms with Crippen LogP contribution in [0.4, 0.5) is 0 Å². The Balaban J connectivity index is 1.91. The molecule has 1 aromatic carbocycles. The molecule has 4 nitrogen and oxygen atoms in total. The van der Waals surface area contributed by atoms with E-state index >= 15 is 0 Å². The summed E-state index contributed by atoms with van der Waals surface area (Å²) in [5.74, 6) is 0.659. The lowest BCUT2D eigenvalue weighted by atomic mass is 9.83. The topological polar surface area (TPSA) is 55.8 Å². The van der Waals surface area contributed by atoms with Crippen molar-refractivity contribution in [3.63, 3.8) is 0 Å². The molecular weight excluding hydrogens is 268 g/mol. The van der Waals surface area contributed by atoms with Gasteiger partial charge in [-0.2, -0.15) is 0 Å². The Hall–Kier alpha value is -1.81. The van der Waals surface area contributed by atoms with Crippen LogP contribution in [-0.2, 0) is 16.1 Å². The van der Waals surface area contributed by atoms with Gasteiger partial charge in [-0.25, -0.2) is 4.79 Å². The molecule has 1 N–H and O–H groups in total. The lowest BCUT2D eigenvalue weighted by Gasteiger charge is -2.24. The van der Waals surface area contributed by atoms with Crippen molar-refractivity contribution in [1.82, 2.24) is 0 Å². The summed E-state index contributed by atoms with van der Waals surface area (Å²) in [6.45, 7) is 1.26. The minimum atomic E-state index is -0.955. The fourth-order valence-electron chi connectivity index (χ4n) is 2.40. The molecule has 1 aliphatic rings. The van der Waals surface area contributed by atoms with Crippen LogP contribution in [0, 0.1) is 5.92 Å². The molecule has 0 atom stereocenters. The molecule has 1 saturated carbocycles. The van der Waals surface area contributed by atoms with Crippen molar-refractivity contribution in [1.29, 1.82) is 0 Å². The predicted octanol–water partition coefficient (Wildman–Crippen LogP) is 3.50. The maximum absolute atomic E-state index is 10.6. The molecule has 0 saturated heterocycles. The number of carboxylic acids is 1. The highest BCUT2D eigenvalue weighted by Crippen LogP contribution is 2.29. The minimum absolute atomic E-state index is 0.491. The average molecular weight is 290 g/mol. The number of methoxy groups -OCH3 is 1. The number of carbonyl (C=O) groups is 1. The highest BCUT2D eigenvalue weighted by atomic mass is 16.5. The van der Waals surface area contributed by atoms with Crippen molar-refractivity contribution in [2.24, 2.45) is 5.92 Å². The summed E-state index contributed by atoms with van der Waals surface area (Å²) in [5, 5.41) is 8.66. The monoisotopic (exact) mass is 290 g/mol. The van der Waals surface area contributed by atoms with E-state index in [4.69, 9.17) is 14.6 Å². The Morgan fingerprint density at radius 1 is 1.43 bits per heavy atom. The maximum Gasteiger partial charge on any atom is 0.328 e. The van der Waals surface area contributed by atoms with Crippen LogP contribution < -0.4 is 4.74 Å². The van der Waals surface area contributed by atoms with Gasteiger partial charge >= 0.3 is 5.97 Å². The number of carboxylic acid groups (broad SMARTS) is 1. The zero-order chi connectivity index (χ0) is 15.1. The van der Waals surface area contributed by atoms with Gasteiger partial charge in [-0.3, -0.25) is 0 Å². The Labute approximate surface area is 125 Å². The molecule has 0 bridgehead atoms. The van der Waals surface area contributed by atoms with Crippen LogP contribution in [0.1, 0.15) is 36.8 Å². The summed E-state index contributed by atoms with van der Waals surface area (Å²) in [7, 11) is 1.62. The van der Waals surface area contributed by atoms with Crippen LogP contribution in [0.3, 0.4) is 0 Å². The second-order valence-electron chi connectivity index (χ2n) is 5.38. The largest absolute Gasteiger partial charge is 0.496 e. The van der Waals surface area contributed by atoms with Crippen molar-refractivity contribution in [2.45, 2.75) is 32.3 Å². The number of ether oxygens (including phenoxy) is 2. The smallest absolute Gasteiger partial charge is 0.328 e. The molecule has 114 valence electrons. The third-order valence-electron chi connectivity index (χ3n) is 3.88. The molecule has 0 amide bonds. The molecule has 0 heterocycles. The molecule has 2 rings (SSSR count). The summed E-state index contributed by atoms with van der Waals surface area (Å²) >= 11 is 0. The van der Waals surface area contributed by atoms with Gasteiger partial charge in [0.25, 0.3) is 0 Å². The van der Waals surface area contributed by atoms with E-state index in [0.29, 0.717) is 6.61 Å². The highest BCUT2D eigenvalue weighted by molar-refractivity contribution is 5.85. The minimum Gasteiger partial charge on any atom is -0.496 e. The Morgan fingerprint density at radius 2 is 2.24 bits per heavy atom. The first-order valence-electron chi connectivity index (χ1n) is 7.34. The van der Waals surface area contributed by atoms with E-state index in [2.05, 4.69) is 0 Å². The summed E-state index contributed by atoms with van der Waals surface area (Å²) < 4.78 is 11.0. The normalized spacial score (nSPS) is 15.1. The molecule has 1 aliphatic carbocycles. The first kappa shape index (κ1) is 15.6. The van der Waals surface area contributed by atoms with Crippen molar-refractivity contribution in [3.05, 3.63) is 35.4 Å². The van der Waals surface area contributed by atoms with E-state index < -0.39 is 5.97 Å². The van der Waals surface area contributed by atoms with Gasteiger partial charge in [0.1, 0.15) is 5.75 Å². The van der Waals surface area contributed by atoms with Gasteiger partial charge in [-0.1, -0.05) is 25.3 Å². The zero-order valence-corrected chi connectivity index (χ0v) is 12.4. The molecular formula is C17H22O4. The summed E-state index contributed by atoms with van der Waals surface area (Å²) in [6, 6.07) is 5.57. The number of benzene rings is 1. The van der Waals surface area contributed by atoms with Crippen LogP contribution in [-0.4, -0.2) is 24.8 Å². The number of rotatable bonds is 8. The summed E-state index contributed by atoms with van der Waals surface area (Å²) in [4.78, 5) is 10.6. The van der Waals surface area contributed by atoms with Crippen molar-refractivity contribution in [3.8, 4) is 5.75 Å². The number of hydrogen-bond acceptors (Lipinski definition) is 3. The van der Waals surface area contributed by atoms with E-state index in [9.17, 15) is 4.79 Å². The first-order chi connectivity index (χ1) is 10.2. The Kier molecular flexibility index (Phi) is 5.81. The van der Waals surface area contributed by atoms with Gasteiger partial charge in [0, 0.05) is 18.2 Å². The molecule has 4 heteroatoms. The quantitative estimate of drug-likeness (QED) is 0.588. The van der Waals surface area contributed by atoms with Gasteiger partial charge < -0.3 is 14.6 Å². The third kappa shape index (κ3) is 4.90. The molecule has 1 fully saturated rings. The van der Waals surface area contributed by atoms with E-state index in [1.54, 1.807) is 13.2 Å². The standard InChI is InChI=1S/C17H22O4/c1-20-16-7-5-14(6-8-17(18)19)11-15(16)12-21-10-9-13-3-2-4-13/h5-8,11,13H,2-4,9-10,12H2,1H3,(H,18,19)/b8-6+. The second kappa shape index (κ2) is 7.84. The summed E-state index contributed by atoms with van der Waals surface area (Å²) in [5.41, 5.74) is 1.77. The first-order valence-corrected chi connectivity index (χ1v) is 7.34. The predicted molar refractivity (Wildman–Crippen MR) is 81.3 cm³/mol. The van der Waals surface area contributed by atoms with Crippen molar-refractivity contribution in [2.75, 3.05) is 13.7 Å². The van der Waals surface area contributed by atoms with E-state index in [1.807, 2.05) is 18.2 Å². The van der Waals surface area contributed by atoms with Crippen LogP contribution in [0.15, 0.2) is 24.3 Å². The van der Waals surface area contributed by atoms with Crippen LogP contribution in [0.25, 0.3) is 6.08 Å². The fraction of sp³-hybridized carbons (Fsp3) is 0.471. The third-order valence-corrected chi connectivity index (χ3v) is 3.88.